The van der Waals surface area contributed by atoms with Crippen molar-refractivity contribution in [3.05, 3.63) is 23.8 Å². The van der Waals surface area contributed by atoms with E-state index in [9.17, 15) is 4.79 Å². The summed E-state index contributed by atoms with van der Waals surface area (Å²) in [6.07, 6.45) is 0. The highest BCUT2D eigenvalue weighted by molar-refractivity contribution is 5.95. The van der Waals surface area contributed by atoms with Crippen LogP contribution in [-0.4, -0.2) is 31.4 Å². The number of nitrogens with one attached hydrogen (secondary N) is 1. The number of hydrogen-bond acceptors (Lipinski definition) is 3. The van der Waals surface area contributed by atoms with Crippen LogP contribution in [0.25, 0.3) is 0 Å². The third-order valence-corrected chi connectivity index (χ3v) is 3.46. The second kappa shape index (κ2) is 6.45. The summed E-state index contributed by atoms with van der Waals surface area (Å²) in [6.45, 7) is 7.49. The predicted molar refractivity (Wildman–Crippen MR) is 81.4 cm³/mol. The number of carbonyl (C=O) groups is 1. The molecule has 4 nitrogen and oxygen atoms in total. The highest BCUT2D eigenvalue weighted by atomic mass is 16.2. The zero-order valence-electron chi connectivity index (χ0n) is 12.5. The van der Waals surface area contributed by atoms with Gasteiger partial charge in [0, 0.05) is 26.2 Å². The maximum absolute atomic E-state index is 11.8. The molecule has 0 fully saturated rings. The van der Waals surface area contributed by atoms with E-state index in [1.807, 2.05) is 6.07 Å². The van der Waals surface area contributed by atoms with Crippen LogP contribution in [0.1, 0.15) is 31.1 Å². The van der Waals surface area contributed by atoms with E-state index in [4.69, 9.17) is 5.73 Å². The summed E-state index contributed by atoms with van der Waals surface area (Å²) < 4.78 is 0. The van der Waals surface area contributed by atoms with Gasteiger partial charge in [-0.15, -0.1) is 0 Å². The lowest BCUT2D eigenvalue weighted by atomic mass is 9.98. The SMILES string of the molecule is CC(C)C(C)CNc1ccc(C(=O)N(C)C)cc1N. The van der Waals surface area contributed by atoms with Crippen molar-refractivity contribution >= 4 is 17.3 Å². The van der Waals surface area contributed by atoms with E-state index in [0.717, 1.165) is 12.2 Å². The van der Waals surface area contributed by atoms with Crippen LogP contribution in [0.5, 0.6) is 0 Å². The third kappa shape index (κ3) is 4.16. The van der Waals surface area contributed by atoms with Crippen LogP contribution < -0.4 is 11.1 Å². The molecular weight excluding hydrogens is 238 g/mol. The van der Waals surface area contributed by atoms with Crippen LogP contribution in [0, 0.1) is 11.8 Å². The summed E-state index contributed by atoms with van der Waals surface area (Å²) >= 11 is 0. The normalized spacial score (nSPS) is 12.3. The zero-order valence-corrected chi connectivity index (χ0v) is 12.5. The summed E-state index contributed by atoms with van der Waals surface area (Å²) in [7, 11) is 3.46. The molecule has 0 aliphatic rings. The maximum Gasteiger partial charge on any atom is 0.253 e. The minimum Gasteiger partial charge on any atom is -0.397 e. The largest absolute Gasteiger partial charge is 0.397 e. The van der Waals surface area contributed by atoms with Crippen LogP contribution in [0.3, 0.4) is 0 Å². The standard InChI is InChI=1S/C15H25N3O/c1-10(2)11(3)9-17-14-7-6-12(8-13(14)16)15(19)18(4)5/h6-8,10-11,17H,9,16H2,1-5H3. The first-order valence-electron chi connectivity index (χ1n) is 6.68. The Morgan fingerprint density at radius 2 is 1.95 bits per heavy atom. The summed E-state index contributed by atoms with van der Waals surface area (Å²) in [6, 6.07) is 5.41. The molecule has 1 aromatic carbocycles. The molecule has 1 atom stereocenters. The fourth-order valence-corrected chi connectivity index (χ4v) is 1.62. The lowest BCUT2D eigenvalue weighted by Crippen LogP contribution is -2.22. The Morgan fingerprint density at radius 3 is 2.42 bits per heavy atom. The number of anilines is 2. The molecule has 0 spiro atoms. The lowest BCUT2D eigenvalue weighted by molar-refractivity contribution is 0.0827. The molecule has 0 bridgehead atoms. The molecular formula is C15H25N3O. The van der Waals surface area contributed by atoms with Crippen molar-refractivity contribution in [3.8, 4) is 0 Å². The highest BCUT2D eigenvalue weighted by Gasteiger charge is 2.11. The van der Waals surface area contributed by atoms with E-state index in [-0.39, 0.29) is 5.91 Å². The van der Waals surface area contributed by atoms with Gasteiger partial charge in [-0.05, 0) is 30.0 Å². The molecule has 1 rings (SSSR count). The van der Waals surface area contributed by atoms with Gasteiger partial charge < -0.3 is 16.0 Å². The van der Waals surface area contributed by atoms with E-state index in [1.165, 1.54) is 0 Å². The van der Waals surface area contributed by atoms with Crippen molar-refractivity contribution in [1.82, 2.24) is 4.90 Å². The molecule has 0 saturated heterocycles. The average Bonchev–Trinajstić information content (AvgIpc) is 2.35. The molecule has 0 heterocycles. The van der Waals surface area contributed by atoms with Gasteiger partial charge in [0.25, 0.3) is 5.91 Å². The first kappa shape index (κ1) is 15.3. The van der Waals surface area contributed by atoms with Crippen molar-refractivity contribution in [2.24, 2.45) is 11.8 Å². The van der Waals surface area contributed by atoms with Crippen molar-refractivity contribution in [3.63, 3.8) is 0 Å². The maximum atomic E-state index is 11.8. The zero-order chi connectivity index (χ0) is 14.6. The van der Waals surface area contributed by atoms with E-state index >= 15 is 0 Å². The molecule has 0 aliphatic heterocycles. The lowest BCUT2D eigenvalue weighted by Gasteiger charge is -2.18. The van der Waals surface area contributed by atoms with Gasteiger partial charge in [0.15, 0.2) is 0 Å². The number of rotatable bonds is 5. The Hall–Kier alpha value is -1.71. The Balaban J connectivity index is 2.75. The van der Waals surface area contributed by atoms with Crippen molar-refractivity contribution in [2.75, 3.05) is 31.7 Å². The first-order chi connectivity index (χ1) is 8.82. The van der Waals surface area contributed by atoms with Gasteiger partial charge in [0.1, 0.15) is 0 Å². The Morgan fingerprint density at radius 1 is 1.32 bits per heavy atom. The van der Waals surface area contributed by atoms with Crippen LogP contribution in [-0.2, 0) is 0 Å². The van der Waals surface area contributed by atoms with Gasteiger partial charge in [0.05, 0.1) is 11.4 Å². The molecule has 1 unspecified atom stereocenters. The number of nitrogens with two attached hydrogens (primary N) is 1. The third-order valence-electron chi connectivity index (χ3n) is 3.46. The Kier molecular flexibility index (Phi) is 5.21. The molecule has 0 aliphatic carbocycles. The van der Waals surface area contributed by atoms with Crippen LogP contribution in [0.2, 0.25) is 0 Å². The van der Waals surface area contributed by atoms with Gasteiger partial charge in [-0.25, -0.2) is 0 Å². The van der Waals surface area contributed by atoms with E-state index < -0.39 is 0 Å². The monoisotopic (exact) mass is 263 g/mol. The smallest absolute Gasteiger partial charge is 0.253 e. The molecule has 0 aromatic heterocycles. The van der Waals surface area contributed by atoms with Gasteiger partial charge in [-0.1, -0.05) is 20.8 Å². The van der Waals surface area contributed by atoms with Crippen molar-refractivity contribution < 1.29 is 4.79 Å². The van der Waals surface area contributed by atoms with E-state index in [2.05, 4.69) is 26.1 Å². The van der Waals surface area contributed by atoms with Crippen molar-refractivity contribution in [1.29, 1.82) is 0 Å². The molecule has 1 amide bonds. The number of hydrogen-bond donors (Lipinski definition) is 2. The van der Waals surface area contributed by atoms with Gasteiger partial charge in [-0.2, -0.15) is 0 Å². The number of benzene rings is 1. The summed E-state index contributed by atoms with van der Waals surface area (Å²) in [4.78, 5) is 13.4. The molecule has 1 aromatic rings. The van der Waals surface area contributed by atoms with E-state index in [1.54, 1.807) is 31.1 Å². The number of nitrogens with zero attached hydrogens (tertiary/aromatic N) is 1. The van der Waals surface area contributed by atoms with Crippen LogP contribution in [0.15, 0.2) is 18.2 Å². The number of carbonyl (C=O) groups excluding carboxylic acids is 1. The van der Waals surface area contributed by atoms with Gasteiger partial charge in [0.2, 0.25) is 0 Å². The first-order valence-corrected chi connectivity index (χ1v) is 6.68. The van der Waals surface area contributed by atoms with E-state index in [0.29, 0.717) is 23.1 Å². The minimum absolute atomic E-state index is 0.0335. The van der Waals surface area contributed by atoms with Gasteiger partial charge >= 0.3 is 0 Å². The second-order valence-electron chi connectivity index (χ2n) is 5.60. The summed E-state index contributed by atoms with van der Waals surface area (Å²) in [5.74, 6) is 1.17. The molecule has 4 heteroatoms. The summed E-state index contributed by atoms with van der Waals surface area (Å²) in [5, 5.41) is 3.34. The summed E-state index contributed by atoms with van der Waals surface area (Å²) in [5.41, 5.74) is 8.11. The van der Waals surface area contributed by atoms with Gasteiger partial charge in [-0.3, -0.25) is 4.79 Å². The molecule has 0 radical (unpaired) electrons. The second-order valence-corrected chi connectivity index (χ2v) is 5.60. The quantitative estimate of drug-likeness (QED) is 0.803. The highest BCUT2D eigenvalue weighted by Crippen LogP contribution is 2.21. The molecule has 3 N–H and O–H groups in total. The molecule has 19 heavy (non-hydrogen) atoms. The van der Waals surface area contributed by atoms with Crippen LogP contribution in [0.4, 0.5) is 11.4 Å². The van der Waals surface area contributed by atoms with Crippen molar-refractivity contribution in [2.45, 2.75) is 20.8 Å². The Bertz CT molecular complexity index is 441. The topological polar surface area (TPSA) is 58.4 Å². The molecule has 106 valence electrons. The Labute approximate surface area is 116 Å². The predicted octanol–water partition coefficient (Wildman–Crippen LogP) is 2.67. The average molecular weight is 263 g/mol. The number of amides is 1. The fraction of sp³-hybridized carbons (Fsp3) is 0.533. The fourth-order valence-electron chi connectivity index (χ4n) is 1.62. The van der Waals surface area contributed by atoms with Crippen LogP contribution >= 0.6 is 0 Å². The number of nitrogen functional groups attached to an aromatic ring is 1. The molecule has 0 saturated carbocycles. The minimum atomic E-state index is -0.0335.